The monoisotopic (exact) mass is 343 g/mol. The number of ether oxygens (including phenoxy) is 2. The molecular formula is C16H26ClN3O3. The molecule has 0 bridgehead atoms. The molecule has 1 aliphatic rings. The molecule has 0 radical (unpaired) electrons. The zero-order chi connectivity index (χ0) is 15.9. The molecule has 1 aromatic rings. The van der Waals surface area contributed by atoms with E-state index in [1.54, 1.807) is 14.2 Å². The molecule has 2 atom stereocenters. The van der Waals surface area contributed by atoms with Gasteiger partial charge >= 0.3 is 0 Å². The maximum atomic E-state index is 12.3. The summed E-state index contributed by atoms with van der Waals surface area (Å²) in [7, 11) is 3.31. The quantitative estimate of drug-likeness (QED) is 0.818. The van der Waals surface area contributed by atoms with Crippen LogP contribution in [0.25, 0.3) is 0 Å². The summed E-state index contributed by atoms with van der Waals surface area (Å²) >= 11 is 0. The highest BCUT2D eigenvalue weighted by atomic mass is 35.5. The first-order valence-corrected chi connectivity index (χ1v) is 7.57. The van der Waals surface area contributed by atoms with E-state index in [0.717, 1.165) is 19.4 Å². The van der Waals surface area contributed by atoms with Crippen LogP contribution in [0.5, 0.6) is 5.75 Å². The normalized spacial score (nSPS) is 21.3. The van der Waals surface area contributed by atoms with E-state index >= 15 is 0 Å². The number of hydrogen-bond donors (Lipinski definition) is 2. The molecule has 2 unspecified atom stereocenters. The molecule has 1 aromatic carbocycles. The molecule has 1 saturated heterocycles. The van der Waals surface area contributed by atoms with Gasteiger partial charge in [-0.1, -0.05) is 12.1 Å². The summed E-state index contributed by atoms with van der Waals surface area (Å²) < 4.78 is 10.6. The van der Waals surface area contributed by atoms with Gasteiger partial charge in [0.25, 0.3) is 0 Å². The summed E-state index contributed by atoms with van der Waals surface area (Å²) in [5, 5.41) is 2.90. The van der Waals surface area contributed by atoms with Crippen molar-refractivity contribution < 1.29 is 14.3 Å². The van der Waals surface area contributed by atoms with E-state index in [1.807, 2.05) is 24.3 Å². The van der Waals surface area contributed by atoms with E-state index in [4.69, 9.17) is 15.2 Å². The third-order valence-electron chi connectivity index (χ3n) is 4.12. The molecule has 1 amide bonds. The second kappa shape index (κ2) is 9.72. The van der Waals surface area contributed by atoms with E-state index < -0.39 is 0 Å². The Morgan fingerprint density at radius 3 is 2.78 bits per heavy atom. The van der Waals surface area contributed by atoms with Crippen LogP contribution < -0.4 is 15.8 Å². The second-order valence-corrected chi connectivity index (χ2v) is 5.49. The lowest BCUT2D eigenvalue weighted by molar-refractivity contribution is -0.118. The number of benzene rings is 1. The largest absolute Gasteiger partial charge is 0.495 e. The first kappa shape index (κ1) is 19.7. The van der Waals surface area contributed by atoms with Crippen LogP contribution in [0.3, 0.4) is 0 Å². The second-order valence-electron chi connectivity index (χ2n) is 5.49. The number of halogens is 1. The third-order valence-corrected chi connectivity index (χ3v) is 4.12. The van der Waals surface area contributed by atoms with Gasteiger partial charge < -0.3 is 20.5 Å². The Bertz CT molecular complexity index is 501. The molecule has 0 aliphatic carbocycles. The minimum Gasteiger partial charge on any atom is -0.495 e. The van der Waals surface area contributed by atoms with Crippen LogP contribution >= 0.6 is 12.4 Å². The summed E-state index contributed by atoms with van der Waals surface area (Å²) in [4.78, 5) is 14.4. The van der Waals surface area contributed by atoms with Crippen molar-refractivity contribution >= 4 is 24.0 Å². The van der Waals surface area contributed by atoms with Crippen molar-refractivity contribution in [1.29, 1.82) is 0 Å². The van der Waals surface area contributed by atoms with Gasteiger partial charge in [-0.15, -0.1) is 12.4 Å². The maximum Gasteiger partial charge on any atom is 0.238 e. The maximum absolute atomic E-state index is 12.3. The fraction of sp³-hybridized carbons (Fsp3) is 0.562. The smallest absolute Gasteiger partial charge is 0.238 e. The van der Waals surface area contributed by atoms with Crippen molar-refractivity contribution in [2.24, 2.45) is 5.73 Å². The van der Waals surface area contributed by atoms with Crippen molar-refractivity contribution in [3.63, 3.8) is 0 Å². The first-order chi connectivity index (χ1) is 10.7. The molecule has 2 rings (SSSR count). The number of likely N-dealkylation sites (tertiary alicyclic amines) is 1. The molecule has 23 heavy (non-hydrogen) atoms. The molecule has 1 aliphatic heterocycles. The number of rotatable bonds is 6. The van der Waals surface area contributed by atoms with Gasteiger partial charge in [0.2, 0.25) is 5.91 Å². The standard InChI is InChI=1S/C16H25N3O3.ClH/c1-21-13-7-8-19(12(9-13)10-17)11-16(20)18-14-5-3-4-6-15(14)22-2;/h3-6,12-13H,7-11,17H2,1-2H3,(H,18,20);1H. The van der Waals surface area contributed by atoms with Crippen LogP contribution in [0, 0.1) is 0 Å². The zero-order valence-corrected chi connectivity index (χ0v) is 14.5. The van der Waals surface area contributed by atoms with Gasteiger partial charge in [0.15, 0.2) is 0 Å². The number of nitrogens with zero attached hydrogens (tertiary/aromatic N) is 1. The molecule has 0 saturated carbocycles. The number of carbonyl (C=O) groups excluding carboxylic acids is 1. The van der Waals surface area contributed by atoms with Crippen LogP contribution in [0.1, 0.15) is 12.8 Å². The van der Waals surface area contributed by atoms with E-state index in [9.17, 15) is 4.79 Å². The average Bonchev–Trinajstić information content (AvgIpc) is 2.55. The van der Waals surface area contributed by atoms with Gasteiger partial charge in [-0.05, 0) is 25.0 Å². The molecule has 6 nitrogen and oxygen atoms in total. The van der Waals surface area contributed by atoms with Gasteiger partial charge in [-0.3, -0.25) is 9.69 Å². The molecular weight excluding hydrogens is 318 g/mol. The van der Waals surface area contributed by atoms with Crippen LogP contribution in [-0.2, 0) is 9.53 Å². The van der Waals surface area contributed by atoms with Crippen LogP contribution in [0.4, 0.5) is 5.69 Å². The van der Waals surface area contributed by atoms with Crippen molar-refractivity contribution in [3.05, 3.63) is 24.3 Å². The number of piperidine rings is 1. The zero-order valence-electron chi connectivity index (χ0n) is 13.7. The molecule has 3 N–H and O–H groups in total. The van der Waals surface area contributed by atoms with Crippen LogP contribution in [0.15, 0.2) is 24.3 Å². The van der Waals surface area contributed by atoms with Crippen molar-refractivity contribution in [2.75, 3.05) is 39.2 Å². The highest BCUT2D eigenvalue weighted by Gasteiger charge is 2.28. The predicted octanol–water partition coefficient (Wildman–Crippen LogP) is 1.49. The topological polar surface area (TPSA) is 76.8 Å². The average molecular weight is 344 g/mol. The lowest BCUT2D eigenvalue weighted by Crippen LogP contribution is -2.50. The van der Waals surface area contributed by atoms with E-state index in [0.29, 0.717) is 24.5 Å². The Kier molecular flexibility index (Phi) is 8.33. The summed E-state index contributed by atoms with van der Waals surface area (Å²) in [6.45, 7) is 1.68. The van der Waals surface area contributed by atoms with Gasteiger partial charge in [0.05, 0.1) is 25.4 Å². The first-order valence-electron chi connectivity index (χ1n) is 7.57. The minimum absolute atomic E-state index is 0. The third kappa shape index (κ3) is 5.35. The Labute approximate surface area is 143 Å². The van der Waals surface area contributed by atoms with E-state index in [1.165, 1.54) is 0 Å². The number of para-hydroxylation sites is 2. The number of hydrogen-bond acceptors (Lipinski definition) is 5. The Morgan fingerprint density at radius 2 is 2.13 bits per heavy atom. The van der Waals surface area contributed by atoms with Crippen LogP contribution in [0.2, 0.25) is 0 Å². The summed E-state index contributed by atoms with van der Waals surface area (Å²) in [6, 6.07) is 7.57. The number of anilines is 1. The van der Waals surface area contributed by atoms with Gasteiger partial charge in [0.1, 0.15) is 5.75 Å². The fourth-order valence-corrected chi connectivity index (χ4v) is 2.85. The molecule has 1 fully saturated rings. The van der Waals surface area contributed by atoms with Crippen molar-refractivity contribution in [3.8, 4) is 5.75 Å². The van der Waals surface area contributed by atoms with Crippen molar-refractivity contribution in [2.45, 2.75) is 25.0 Å². The Morgan fingerprint density at radius 1 is 1.39 bits per heavy atom. The molecule has 1 heterocycles. The van der Waals surface area contributed by atoms with Gasteiger partial charge in [0, 0.05) is 26.2 Å². The summed E-state index contributed by atoms with van der Waals surface area (Å²) in [6.07, 6.45) is 2.03. The highest BCUT2D eigenvalue weighted by molar-refractivity contribution is 5.93. The highest BCUT2D eigenvalue weighted by Crippen LogP contribution is 2.23. The van der Waals surface area contributed by atoms with Crippen LogP contribution in [-0.4, -0.2) is 56.8 Å². The number of nitrogens with two attached hydrogens (primary N) is 1. The number of nitrogens with one attached hydrogen (secondary N) is 1. The molecule has 7 heteroatoms. The Balaban J connectivity index is 0.00000264. The fourth-order valence-electron chi connectivity index (χ4n) is 2.85. The van der Waals surface area contributed by atoms with E-state index in [2.05, 4.69) is 10.2 Å². The van der Waals surface area contributed by atoms with Crippen molar-refractivity contribution in [1.82, 2.24) is 4.90 Å². The minimum atomic E-state index is -0.0567. The van der Waals surface area contributed by atoms with E-state index in [-0.39, 0.29) is 30.5 Å². The number of methoxy groups -OCH3 is 2. The molecule has 0 spiro atoms. The lowest BCUT2D eigenvalue weighted by atomic mass is 9.99. The number of amides is 1. The lowest BCUT2D eigenvalue weighted by Gasteiger charge is -2.37. The summed E-state index contributed by atoms with van der Waals surface area (Å²) in [5.74, 6) is 0.600. The van der Waals surface area contributed by atoms with Gasteiger partial charge in [-0.2, -0.15) is 0 Å². The number of carbonyl (C=O) groups is 1. The molecule has 0 aromatic heterocycles. The predicted molar refractivity (Wildman–Crippen MR) is 93.3 cm³/mol. The van der Waals surface area contributed by atoms with Gasteiger partial charge in [-0.25, -0.2) is 0 Å². The summed E-state index contributed by atoms with van der Waals surface area (Å²) in [5.41, 5.74) is 6.52. The Hall–Kier alpha value is -1.34. The molecule has 130 valence electrons. The SMILES string of the molecule is COc1ccccc1NC(=O)CN1CCC(OC)CC1CN.Cl.